The van der Waals surface area contributed by atoms with Gasteiger partial charge in [-0.05, 0) is 159 Å². The SMILES string of the molecule is Cc1cc(-n2ncnc2C)c2cccc(OCc3c(Cl)cc(F)cc3[C@H](C)NC(=O)COC(C)F)c2n1.[2H]C([2H])([2H])[C@]([2H])(NC(=O)COC(C)F)c1cc(F)cc(Cl)c1COc1cccc2c(-c3ncnn3C)cc(C)nc12.[2H][C@@](C)(NC(=O)COC(C)F)c1cc(F)cc(Cl)c1COc1cccc2c(-c3ncnn3C)cc(C)nc12. The number of ether oxygens (including phenoxy) is 6. The molecule has 12 rings (SSSR count). The van der Waals surface area contributed by atoms with Crippen LogP contribution in [-0.2, 0) is 62.5 Å². The summed E-state index contributed by atoms with van der Waals surface area (Å²) >= 11 is 19.1. The molecular formula is C78H78Cl3F6N15O9. The van der Waals surface area contributed by atoms with E-state index in [4.69, 9.17) is 60.6 Å². The highest BCUT2D eigenvalue weighted by atomic mass is 35.5. The molecule has 0 aliphatic rings. The Labute approximate surface area is 656 Å². The van der Waals surface area contributed by atoms with Crippen molar-refractivity contribution in [2.45, 2.75) is 126 Å². The van der Waals surface area contributed by atoms with Gasteiger partial charge >= 0.3 is 0 Å². The Kier molecular flexibility index (Phi) is 25.3. The van der Waals surface area contributed by atoms with E-state index in [2.05, 4.69) is 65.3 Å². The molecule has 0 bridgehead atoms. The number of pyridine rings is 3. The van der Waals surface area contributed by atoms with Gasteiger partial charge in [0.25, 0.3) is 0 Å². The fourth-order valence-electron chi connectivity index (χ4n) is 11.7. The quantitative estimate of drug-likeness (QED) is 0.0404. The minimum absolute atomic E-state index is 0.0148. The molecule has 33 heteroatoms. The number of amides is 3. The van der Waals surface area contributed by atoms with E-state index in [9.17, 15) is 40.7 Å². The van der Waals surface area contributed by atoms with E-state index >= 15 is 0 Å². The fourth-order valence-corrected chi connectivity index (χ4v) is 12.5. The number of benzene rings is 6. The molecular weight excluding hydrogens is 1510 g/mol. The number of aryl methyl sites for hydroxylation is 6. The van der Waals surface area contributed by atoms with Gasteiger partial charge in [0.05, 0.1) is 41.6 Å². The fraction of sp³-hybridized carbons (Fsp3) is 0.308. The first-order valence-electron chi connectivity index (χ1n) is 36.6. The minimum atomic E-state index is -3.21. The van der Waals surface area contributed by atoms with Gasteiger partial charge < -0.3 is 44.4 Å². The second-order valence-corrected chi connectivity index (χ2v) is 26.3. The van der Waals surface area contributed by atoms with Crippen LogP contribution in [0, 0.1) is 45.1 Å². The Morgan fingerprint density at radius 1 is 0.486 bits per heavy atom. The van der Waals surface area contributed by atoms with Crippen LogP contribution in [-0.4, -0.2) is 116 Å². The van der Waals surface area contributed by atoms with Crippen LogP contribution in [0.1, 0.15) is 123 Å². The van der Waals surface area contributed by atoms with Gasteiger partial charge in [-0.15, -0.1) is 0 Å². The summed E-state index contributed by atoms with van der Waals surface area (Å²) in [6, 6.07) is 22.9. The van der Waals surface area contributed by atoms with Gasteiger partial charge in [-0.3, -0.25) is 14.4 Å². The van der Waals surface area contributed by atoms with Crippen LogP contribution in [0.2, 0.25) is 15.1 Å². The first-order valence-corrected chi connectivity index (χ1v) is 35.2. The van der Waals surface area contributed by atoms with Crippen molar-refractivity contribution in [3.63, 3.8) is 0 Å². The molecule has 6 aromatic heterocycles. The summed E-state index contributed by atoms with van der Waals surface area (Å²) in [6.45, 7) is 8.04. The van der Waals surface area contributed by atoms with Crippen molar-refractivity contribution in [2.75, 3.05) is 19.8 Å². The molecule has 0 saturated heterocycles. The maximum Gasteiger partial charge on any atom is 0.246 e. The predicted octanol–water partition coefficient (Wildman–Crippen LogP) is 15.8. The highest BCUT2D eigenvalue weighted by molar-refractivity contribution is 6.32. The Hall–Kier alpha value is -10.9. The van der Waals surface area contributed by atoms with Crippen molar-refractivity contribution in [3.05, 3.63) is 217 Å². The molecule has 0 aliphatic carbocycles. The third-order valence-corrected chi connectivity index (χ3v) is 17.7. The number of hydrogen-bond acceptors (Lipinski definition) is 18. The molecule has 111 heavy (non-hydrogen) atoms. The molecule has 0 aliphatic heterocycles. The lowest BCUT2D eigenvalue weighted by Crippen LogP contribution is -2.31. The molecule has 0 radical (unpaired) electrons. The highest BCUT2D eigenvalue weighted by Gasteiger charge is 2.25. The average Bonchev–Trinajstić information content (AvgIpc) is 0.879. The number of nitrogens with zero attached hydrogens (tertiary/aromatic N) is 12. The molecule has 6 heterocycles. The Morgan fingerprint density at radius 2 is 0.856 bits per heavy atom. The van der Waals surface area contributed by atoms with Crippen molar-refractivity contribution in [2.24, 2.45) is 14.1 Å². The van der Waals surface area contributed by atoms with Gasteiger partial charge in [0.1, 0.15) is 116 Å². The summed E-state index contributed by atoms with van der Waals surface area (Å²) in [6.07, 6.45) is -0.668. The van der Waals surface area contributed by atoms with Crippen molar-refractivity contribution in [3.8, 4) is 45.7 Å². The maximum absolute atomic E-state index is 14.5. The van der Waals surface area contributed by atoms with E-state index in [1.165, 1.54) is 45.0 Å². The summed E-state index contributed by atoms with van der Waals surface area (Å²) in [5.41, 5.74) is 6.96. The maximum atomic E-state index is 14.5. The highest BCUT2D eigenvalue weighted by Crippen LogP contribution is 2.38. The average molecular weight is 1590 g/mol. The van der Waals surface area contributed by atoms with Crippen LogP contribution >= 0.6 is 34.8 Å². The molecule has 6 aromatic carbocycles. The lowest BCUT2D eigenvalue weighted by molar-refractivity contribution is -0.132. The summed E-state index contributed by atoms with van der Waals surface area (Å²) in [4.78, 5) is 63.6. The number of para-hydroxylation sites is 3. The van der Waals surface area contributed by atoms with Gasteiger partial charge in [0, 0.05) is 79.3 Å². The van der Waals surface area contributed by atoms with Crippen molar-refractivity contribution < 1.29 is 76.0 Å². The number of carbonyl (C=O) groups excluding carboxylic acids is 3. The standard InChI is InChI=1S/3C26H26ClF2N5O3/c2*1-14-8-20(26-30-13-31-34(26)4)18-6-5-7-23(25(18)32-14)37-11-21-19(9-17(29)10-22(21)27)15(2)33-24(35)12-36-16(3)28;1-14-8-23(34-17(4)30-13-31-34)19-6-5-7-24(26(19)32-14)37-11-21-20(9-18(29)10-22(21)27)15(2)33-25(35)12-36-16(3)28/h3*5-10,13,15-16H,11-12H2,1-4H3,(H,33,35)/t3*15-,16?/m000/s1/i2D3,15D;15D;. The number of fused-ring (bicyclic) bond motifs is 3. The van der Waals surface area contributed by atoms with Gasteiger partial charge in [-0.1, -0.05) is 71.2 Å². The smallest absolute Gasteiger partial charge is 0.246 e. The number of aromatic nitrogens is 12. The van der Waals surface area contributed by atoms with E-state index in [1.807, 2.05) is 74.6 Å². The number of nitrogens with one attached hydrogen (secondary N) is 3. The molecule has 12 aromatic rings. The van der Waals surface area contributed by atoms with Crippen LogP contribution < -0.4 is 30.2 Å². The van der Waals surface area contributed by atoms with Gasteiger partial charge in [0.15, 0.2) is 30.7 Å². The summed E-state index contributed by atoms with van der Waals surface area (Å²) < 4.78 is 161. The Balaban J connectivity index is 0.000000184. The largest absolute Gasteiger partial charge is 0.487 e. The molecule has 6 atom stereocenters. The Morgan fingerprint density at radius 3 is 1.25 bits per heavy atom. The van der Waals surface area contributed by atoms with Gasteiger partial charge in [-0.2, -0.15) is 15.3 Å². The third kappa shape index (κ3) is 21.0. The zero-order valence-corrected chi connectivity index (χ0v) is 63.9. The van der Waals surface area contributed by atoms with Crippen LogP contribution in [0.4, 0.5) is 26.3 Å². The summed E-state index contributed by atoms with van der Waals surface area (Å²) in [5, 5.41) is 21.9. The monoisotopic (exact) mass is 1590 g/mol. The number of rotatable bonds is 27. The van der Waals surface area contributed by atoms with E-state index in [0.717, 1.165) is 82.9 Å². The van der Waals surface area contributed by atoms with Crippen molar-refractivity contribution in [1.82, 2.24) is 75.2 Å². The van der Waals surface area contributed by atoms with Crippen LogP contribution in [0.25, 0.3) is 61.2 Å². The van der Waals surface area contributed by atoms with Crippen LogP contribution in [0.3, 0.4) is 0 Å². The summed E-state index contributed by atoms with van der Waals surface area (Å²) in [5.74, 6) is -1.38. The first kappa shape index (κ1) is 75.5. The molecule has 3 amide bonds. The number of carbonyl (C=O) groups is 3. The normalized spacial score (nSPS) is 14.3. The molecule has 582 valence electrons. The molecule has 0 fully saturated rings. The zero-order chi connectivity index (χ0) is 84.4. The van der Waals surface area contributed by atoms with Gasteiger partial charge in [-0.25, -0.2) is 70.3 Å². The van der Waals surface area contributed by atoms with E-state index in [0.29, 0.717) is 73.2 Å². The second kappa shape index (κ2) is 37.2. The third-order valence-electron chi connectivity index (χ3n) is 16.7. The molecule has 0 spiro atoms. The van der Waals surface area contributed by atoms with Crippen molar-refractivity contribution in [1.29, 1.82) is 0 Å². The van der Waals surface area contributed by atoms with E-state index in [1.54, 1.807) is 66.3 Å². The van der Waals surface area contributed by atoms with Crippen molar-refractivity contribution >= 4 is 85.2 Å². The first-order chi connectivity index (χ1) is 54.8. The molecule has 0 saturated carbocycles. The molecule has 3 unspecified atom stereocenters. The van der Waals surface area contributed by atoms with E-state index < -0.39 is 111 Å². The lowest BCUT2D eigenvalue weighted by Gasteiger charge is -2.20. The second-order valence-electron chi connectivity index (χ2n) is 25.1. The predicted molar refractivity (Wildman–Crippen MR) is 406 cm³/mol. The topological polar surface area (TPSA) is 273 Å². The van der Waals surface area contributed by atoms with Crippen LogP contribution in [0.5, 0.6) is 17.2 Å². The Bertz CT molecular complexity index is 5610. The lowest BCUT2D eigenvalue weighted by atomic mass is 10.0. The van der Waals surface area contributed by atoms with Gasteiger partial charge in [0.2, 0.25) is 17.7 Å². The molecule has 3 N–H and O–H groups in total. The number of hydrogen-bond donors (Lipinski definition) is 3. The summed E-state index contributed by atoms with van der Waals surface area (Å²) in [7, 11) is 3.55. The molecule has 24 nitrogen and oxygen atoms in total. The number of alkyl halides is 3. The van der Waals surface area contributed by atoms with E-state index in [-0.39, 0.29) is 39.4 Å². The minimum Gasteiger partial charge on any atom is -0.487 e. The van der Waals surface area contributed by atoms with Crippen LogP contribution in [0.15, 0.2) is 128 Å². The zero-order valence-electron chi connectivity index (χ0n) is 66.6. The number of halogens is 9.